The third kappa shape index (κ3) is 3.92. The molecule has 0 unspecified atom stereocenters. The maximum atomic E-state index is 12.2. The predicted octanol–water partition coefficient (Wildman–Crippen LogP) is 1.11. The van der Waals surface area contributed by atoms with E-state index in [2.05, 4.69) is 14.9 Å². The smallest absolute Gasteiger partial charge is 0.342 e. The lowest BCUT2D eigenvalue weighted by Gasteiger charge is -2.07. The van der Waals surface area contributed by atoms with Crippen LogP contribution in [-0.2, 0) is 21.2 Å². The largest absolute Gasteiger partial charge is 0.462 e. The summed E-state index contributed by atoms with van der Waals surface area (Å²) in [5, 5.41) is 5.67. The minimum Gasteiger partial charge on any atom is -0.462 e. The zero-order valence-electron chi connectivity index (χ0n) is 12.1. The lowest BCUT2D eigenvalue weighted by Crippen LogP contribution is -2.28. The first kappa shape index (κ1) is 16.2. The number of benzene rings is 1. The van der Waals surface area contributed by atoms with Crippen LogP contribution >= 0.6 is 0 Å². The summed E-state index contributed by atoms with van der Waals surface area (Å²) in [6.07, 6.45) is 1.69. The molecule has 0 aliphatic heterocycles. The van der Waals surface area contributed by atoms with Crippen LogP contribution < -0.4 is 4.72 Å². The van der Waals surface area contributed by atoms with Crippen LogP contribution in [-0.4, -0.2) is 37.7 Å². The Morgan fingerprint density at radius 1 is 1.32 bits per heavy atom. The van der Waals surface area contributed by atoms with Crippen molar-refractivity contribution in [2.24, 2.45) is 0 Å². The average molecular weight is 323 g/mol. The molecule has 7 nitrogen and oxygen atoms in total. The van der Waals surface area contributed by atoms with Gasteiger partial charge in [0.2, 0.25) is 0 Å². The van der Waals surface area contributed by atoms with Crippen molar-refractivity contribution in [2.45, 2.75) is 18.4 Å². The van der Waals surface area contributed by atoms with Gasteiger partial charge in [-0.25, -0.2) is 17.9 Å². The van der Waals surface area contributed by atoms with E-state index < -0.39 is 16.0 Å². The average Bonchev–Trinajstić information content (AvgIpc) is 2.99. The summed E-state index contributed by atoms with van der Waals surface area (Å²) in [5.74, 6) is -0.723. The van der Waals surface area contributed by atoms with E-state index in [-0.39, 0.29) is 23.7 Å². The van der Waals surface area contributed by atoms with Gasteiger partial charge in [-0.3, -0.25) is 5.10 Å². The number of carbonyl (C=O) groups excluding carboxylic acids is 1. The van der Waals surface area contributed by atoms with Crippen molar-refractivity contribution in [3.05, 3.63) is 47.7 Å². The molecule has 0 radical (unpaired) electrons. The fourth-order valence-electron chi connectivity index (χ4n) is 1.88. The number of hydrogen-bond donors (Lipinski definition) is 2. The highest BCUT2D eigenvalue weighted by Crippen LogP contribution is 2.13. The molecule has 2 rings (SSSR count). The Morgan fingerprint density at radius 3 is 2.73 bits per heavy atom. The monoisotopic (exact) mass is 323 g/mol. The third-order valence-electron chi connectivity index (χ3n) is 2.92. The summed E-state index contributed by atoms with van der Waals surface area (Å²) in [6, 6.07) is 9.49. The van der Waals surface area contributed by atoms with Crippen LogP contribution in [0.3, 0.4) is 0 Å². The van der Waals surface area contributed by atoms with Gasteiger partial charge in [0.1, 0.15) is 5.56 Å². The van der Waals surface area contributed by atoms with Gasteiger partial charge in [-0.1, -0.05) is 30.3 Å². The molecule has 0 saturated carbocycles. The molecule has 0 saturated heterocycles. The van der Waals surface area contributed by atoms with E-state index in [4.69, 9.17) is 4.74 Å². The molecule has 2 aromatic rings. The maximum absolute atomic E-state index is 12.2. The highest BCUT2D eigenvalue weighted by atomic mass is 32.2. The number of H-pyrrole nitrogens is 1. The topological polar surface area (TPSA) is 101 Å². The fourth-order valence-corrected chi connectivity index (χ4v) is 2.99. The van der Waals surface area contributed by atoms with Gasteiger partial charge in [-0.05, 0) is 18.9 Å². The third-order valence-corrected chi connectivity index (χ3v) is 4.35. The van der Waals surface area contributed by atoms with Gasteiger partial charge in [0.25, 0.3) is 10.0 Å². The number of sulfonamides is 1. The molecule has 1 heterocycles. The molecule has 0 aliphatic rings. The van der Waals surface area contributed by atoms with Crippen molar-refractivity contribution in [3.8, 4) is 0 Å². The number of ether oxygens (including phenoxy) is 1. The molecular formula is C14H17N3O4S. The van der Waals surface area contributed by atoms with E-state index in [1.807, 2.05) is 30.3 Å². The quantitative estimate of drug-likeness (QED) is 0.743. The Balaban J connectivity index is 2.05. The van der Waals surface area contributed by atoms with Crippen LogP contribution in [0, 0.1) is 0 Å². The molecule has 8 heteroatoms. The Morgan fingerprint density at radius 2 is 2.05 bits per heavy atom. The molecule has 0 aliphatic carbocycles. The number of aromatic amines is 1. The minimum atomic E-state index is -3.85. The molecule has 22 heavy (non-hydrogen) atoms. The van der Waals surface area contributed by atoms with Gasteiger partial charge in [0, 0.05) is 6.54 Å². The summed E-state index contributed by atoms with van der Waals surface area (Å²) < 4.78 is 31.7. The van der Waals surface area contributed by atoms with Crippen molar-refractivity contribution in [3.63, 3.8) is 0 Å². The van der Waals surface area contributed by atoms with E-state index in [0.717, 1.165) is 11.8 Å². The van der Waals surface area contributed by atoms with Crippen LogP contribution in [0.5, 0.6) is 0 Å². The van der Waals surface area contributed by atoms with Gasteiger partial charge in [0.05, 0.1) is 12.8 Å². The lowest BCUT2D eigenvalue weighted by atomic mass is 10.2. The maximum Gasteiger partial charge on any atom is 0.342 e. The number of nitrogens with one attached hydrogen (secondary N) is 2. The molecule has 2 N–H and O–H groups in total. The van der Waals surface area contributed by atoms with Crippen molar-refractivity contribution in [2.75, 3.05) is 13.2 Å². The zero-order valence-corrected chi connectivity index (χ0v) is 12.9. The number of aromatic nitrogens is 2. The minimum absolute atomic E-state index is 0.103. The van der Waals surface area contributed by atoms with Gasteiger partial charge < -0.3 is 4.74 Å². The summed E-state index contributed by atoms with van der Waals surface area (Å²) >= 11 is 0. The van der Waals surface area contributed by atoms with E-state index >= 15 is 0 Å². The van der Waals surface area contributed by atoms with E-state index in [1.54, 1.807) is 6.92 Å². The van der Waals surface area contributed by atoms with E-state index in [1.165, 1.54) is 0 Å². The molecular weight excluding hydrogens is 306 g/mol. The Kier molecular flexibility index (Phi) is 5.29. The molecule has 0 bridgehead atoms. The van der Waals surface area contributed by atoms with E-state index in [9.17, 15) is 13.2 Å². The number of hydrogen-bond acceptors (Lipinski definition) is 5. The lowest BCUT2D eigenvalue weighted by molar-refractivity contribution is 0.0522. The van der Waals surface area contributed by atoms with Crippen molar-refractivity contribution < 1.29 is 17.9 Å². The van der Waals surface area contributed by atoms with E-state index in [0.29, 0.717) is 6.42 Å². The fraction of sp³-hybridized carbons (Fsp3) is 0.286. The molecule has 0 amide bonds. The second-order valence-electron chi connectivity index (χ2n) is 4.47. The summed E-state index contributed by atoms with van der Waals surface area (Å²) in [6.45, 7) is 2.02. The first-order chi connectivity index (χ1) is 10.5. The Hall–Kier alpha value is -2.19. The van der Waals surface area contributed by atoms with Crippen molar-refractivity contribution in [1.29, 1.82) is 0 Å². The number of rotatable bonds is 7. The second kappa shape index (κ2) is 7.19. The summed E-state index contributed by atoms with van der Waals surface area (Å²) in [7, 11) is -3.85. The molecule has 0 spiro atoms. The number of esters is 1. The van der Waals surface area contributed by atoms with Crippen LogP contribution in [0.15, 0.2) is 41.6 Å². The summed E-state index contributed by atoms with van der Waals surface area (Å²) in [4.78, 5) is 11.7. The molecule has 0 fully saturated rings. The van der Waals surface area contributed by atoms with Crippen LogP contribution in [0.25, 0.3) is 0 Å². The zero-order chi connectivity index (χ0) is 16.0. The predicted molar refractivity (Wildman–Crippen MR) is 79.9 cm³/mol. The SMILES string of the molecule is CCOC(=O)c1cn[nH]c1S(=O)(=O)NCCc1ccccc1. The molecule has 0 atom stereocenters. The van der Waals surface area contributed by atoms with Gasteiger partial charge >= 0.3 is 5.97 Å². The molecule has 1 aromatic heterocycles. The summed E-state index contributed by atoms with van der Waals surface area (Å²) in [5.41, 5.74) is 0.912. The second-order valence-corrected chi connectivity index (χ2v) is 6.17. The highest BCUT2D eigenvalue weighted by Gasteiger charge is 2.25. The first-order valence-corrected chi connectivity index (χ1v) is 8.27. The van der Waals surface area contributed by atoms with Crippen molar-refractivity contribution >= 4 is 16.0 Å². The first-order valence-electron chi connectivity index (χ1n) is 6.78. The standard InChI is InChI=1S/C14H17N3O4S/c1-2-21-14(18)12-10-15-17-13(12)22(19,20)16-9-8-11-6-4-3-5-7-11/h3-7,10,16H,2,8-9H2,1H3,(H,15,17). The number of carbonyl (C=O) groups is 1. The van der Waals surface area contributed by atoms with Gasteiger partial charge in [-0.2, -0.15) is 5.10 Å². The molecule has 118 valence electrons. The molecule has 1 aromatic carbocycles. The van der Waals surface area contributed by atoms with Crippen LogP contribution in [0.4, 0.5) is 0 Å². The van der Waals surface area contributed by atoms with Crippen LogP contribution in [0.1, 0.15) is 22.8 Å². The highest BCUT2D eigenvalue weighted by molar-refractivity contribution is 7.89. The van der Waals surface area contributed by atoms with Gasteiger partial charge in [0.15, 0.2) is 5.03 Å². The Labute approximate surface area is 128 Å². The van der Waals surface area contributed by atoms with Gasteiger partial charge in [-0.15, -0.1) is 0 Å². The Bertz CT molecular complexity index is 726. The van der Waals surface area contributed by atoms with Crippen molar-refractivity contribution in [1.82, 2.24) is 14.9 Å². The van der Waals surface area contributed by atoms with Crippen LogP contribution in [0.2, 0.25) is 0 Å². The normalized spacial score (nSPS) is 11.3. The number of nitrogens with zero attached hydrogens (tertiary/aromatic N) is 1.